The second-order valence-corrected chi connectivity index (χ2v) is 6.09. The maximum Gasteiger partial charge on any atom is 0.314 e. The number of rotatable bonds is 7. The number of nitrogens with one attached hydrogen (secondary N) is 1. The van der Waals surface area contributed by atoms with E-state index in [1.807, 2.05) is 50.2 Å². The Morgan fingerprint density at radius 3 is 2.42 bits per heavy atom. The molecule has 5 heteroatoms. The van der Waals surface area contributed by atoms with Gasteiger partial charge in [0.05, 0.1) is 17.2 Å². The maximum absolute atomic E-state index is 12.6. The lowest BCUT2D eigenvalue weighted by Gasteiger charge is -2.21. The van der Waals surface area contributed by atoms with Gasteiger partial charge in [0.25, 0.3) is 5.91 Å². The number of carbonyl (C=O) groups is 2. The highest BCUT2D eigenvalue weighted by molar-refractivity contribution is 5.94. The van der Waals surface area contributed by atoms with E-state index in [9.17, 15) is 9.59 Å². The van der Waals surface area contributed by atoms with E-state index < -0.39 is 24.4 Å². The van der Waals surface area contributed by atoms with E-state index in [2.05, 4.69) is 5.32 Å². The quantitative estimate of drug-likeness (QED) is 0.769. The van der Waals surface area contributed by atoms with Gasteiger partial charge in [-0.2, -0.15) is 5.26 Å². The number of hydrogen-bond donors (Lipinski definition) is 1. The van der Waals surface area contributed by atoms with Crippen molar-refractivity contribution in [3.8, 4) is 6.07 Å². The number of anilines is 1. The van der Waals surface area contributed by atoms with E-state index in [1.54, 1.807) is 24.3 Å². The van der Waals surface area contributed by atoms with Crippen molar-refractivity contribution in [3.63, 3.8) is 0 Å². The van der Waals surface area contributed by atoms with Gasteiger partial charge in [-0.3, -0.25) is 9.59 Å². The van der Waals surface area contributed by atoms with Gasteiger partial charge in [-0.1, -0.05) is 62.7 Å². The number of carbonyl (C=O) groups excluding carboxylic acids is 2. The Morgan fingerprint density at radius 1 is 1.12 bits per heavy atom. The summed E-state index contributed by atoms with van der Waals surface area (Å²) in [6.45, 7) is 3.61. The van der Waals surface area contributed by atoms with Gasteiger partial charge in [0.15, 0.2) is 6.61 Å². The van der Waals surface area contributed by atoms with E-state index in [-0.39, 0.29) is 5.92 Å². The second-order valence-electron chi connectivity index (χ2n) is 6.09. The van der Waals surface area contributed by atoms with Gasteiger partial charge in [0.2, 0.25) is 0 Å². The molecule has 0 spiro atoms. The Morgan fingerprint density at radius 2 is 1.77 bits per heavy atom. The summed E-state index contributed by atoms with van der Waals surface area (Å²) in [6, 6.07) is 18.1. The Hall–Kier alpha value is -3.13. The van der Waals surface area contributed by atoms with E-state index in [4.69, 9.17) is 10.00 Å². The summed E-state index contributed by atoms with van der Waals surface area (Å²) in [5, 5.41) is 11.6. The van der Waals surface area contributed by atoms with Crippen LogP contribution in [-0.2, 0) is 14.3 Å². The first-order valence-electron chi connectivity index (χ1n) is 8.57. The molecule has 0 saturated carbocycles. The largest absolute Gasteiger partial charge is 0.455 e. The molecule has 0 saturated heterocycles. The summed E-state index contributed by atoms with van der Waals surface area (Å²) >= 11 is 0. The monoisotopic (exact) mass is 350 g/mol. The fourth-order valence-electron chi connectivity index (χ4n) is 2.70. The SMILES string of the molecule is CC[C@H](C)[C@@H](C(=O)OCC(=O)Nc1ccccc1C#N)c1ccccc1. The van der Waals surface area contributed by atoms with Gasteiger partial charge in [-0.05, 0) is 23.6 Å². The summed E-state index contributed by atoms with van der Waals surface area (Å²) in [5.74, 6) is -1.22. The maximum atomic E-state index is 12.6. The summed E-state index contributed by atoms with van der Waals surface area (Å²) in [6.07, 6.45) is 0.816. The number of benzene rings is 2. The number of nitrogens with zero attached hydrogens (tertiary/aromatic N) is 1. The topological polar surface area (TPSA) is 79.2 Å². The third-order valence-corrected chi connectivity index (χ3v) is 4.29. The van der Waals surface area contributed by atoms with E-state index in [0.717, 1.165) is 12.0 Å². The minimum absolute atomic E-state index is 0.0901. The molecule has 0 bridgehead atoms. The number of nitriles is 1. The highest BCUT2D eigenvalue weighted by atomic mass is 16.5. The zero-order valence-corrected chi connectivity index (χ0v) is 14.9. The Labute approximate surface area is 153 Å². The van der Waals surface area contributed by atoms with Gasteiger partial charge in [0.1, 0.15) is 6.07 Å². The molecule has 1 N–H and O–H groups in total. The van der Waals surface area contributed by atoms with Crippen molar-refractivity contribution in [2.45, 2.75) is 26.2 Å². The van der Waals surface area contributed by atoms with Crippen LogP contribution in [-0.4, -0.2) is 18.5 Å². The van der Waals surface area contributed by atoms with Crippen LogP contribution in [0.4, 0.5) is 5.69 Å². The molecule has 1 amide bonds. The van der Waals surface area contributed by atoms with Crippen LogP contribution in [0.1, 0.15) is 37.3 Å². The van der Waals surface area contributed by atoms with Crippen molar-refractivity contribution in [3.05, 3.63) is 65.7 Å². The molecule has 0 unspecified atom stereocenters. The van der Waals surface area contributed by atoms with Gasteiger partial charge in [-0.25, -0.2) is 0 Å². The first kappa shape index (κ1) is 19.2. The highest BCUT2D eigenvalue weighted by Crippen LogP contribution is 2.28. The summed E-state index contributed by atoms with van der Waals surface area (Å²) in [4.78, 5) is 24.7. The number of amides is 1. The second kappa shape index (κ2) is 9.38. The first-order valence-corrected chi connectivity index (χ1v) is 8.57. The van der Waals surface area contributed by atoms with Gasteiger partial charge < -0.3 is 10.1 Å². The Balaban J connectivity index is 2.01. The molecule has 0 aliphatic heterocycles. The van der Waals surface area contributed by atoms with Crippen molar-refractivity contribution < 1.29 is 14.3 Å². The van der Waals surface area contributed by atoms with Crippen LogP contribution in [0, 0.1) is 17.2 Å². The van der Waals surface area contributed by atoms with Crippen LogP contribution < -0.4 is 5.32 Å². The van der Waals surface area contributed by atoms with Crippen LogP contribution in [0.3, 0.4) is 0 Å². The molecular weight excluding hydrogens is 328 g/mol. The molecule has 0 aliphatic carbocycles. The third-order valence-electron chi connectivity index (χ3n) is 4.29. The van der Waals surface area contributed by atoms with Crippen LogP contribution >= 0.6 is 0 Å². The predicted octanol–water partition coefficient (Wildman–Crippen LogP) is 3.87. The van der Waals surface area contributed by atoms with Crippen LogP contribution in [0.5, 0.6) is 0 Å². The van der Waals surface area contributed by atoms with Gasteiger partial charge >= 0.3 is 5.97 Å². The molecule has 2 atom stereocenters. The normalized spacial score (nSPS) is 12.5. The number of esters is 1. The smallest absolute Gasteiger partial charge is 0.314 e. The average molecular weight is 350 g/mol. The van der Waals surface area contributed by atoms with E-state index >= 15 is 0 Å². The lowest BCUT2D eigenvalue weighted by atomic mass is 9.86. The highest BCUT2D eigenvalue weighted by Gasteiger charge is 2.27. The Kier molecular flexibility index (Phi) is 6.92. The summed E-state index contributed by atoms with van der Waals surface area (Å²) < 4.78 is 5.26. The van der Waals surface area contributed by atoms with Crippen molar-refractivity contribution in [1.82, 2.24) is 0 Å². The fraction of sp³-hybridized carbons (Fsp3) is 0.286. The lowest BCUT2D eigenvalue weighted by molar-refractivity contribution is -0.150. The van der Waals surface area contributed by atoms with Crippen LogP contribution in [0.25, 0.3) is 0 Å². The fourth-order valence-corrected chi connectivity index (χ4v) is 2.70. The molecule has 2 aromatic rings. The molecule has 5 nitrogen and oxygen atoms in total. The van der Waals surface area contributed by atoms with E-state index in [1.165, 1.54) is 0 Å². The predicted molar refractivity (Wildman–Crippen MR) is 99.4 cm³/mol. The molecular formula is C21H22N2O3. The molecule has 2 aromatic carbocycles. The average Bonchev–Trinajstić information content (AvgIpc) is 2.67. The first-order chi connectivity index (χ1) is 12.6. The van der Waals surface area contributed by atoms with Crippen molar-refractivity contribution >= 4 is 17.6 Å². The molecule has 0 aromatic heterocycles. The molecule has 26 heavy (non-hydrogen) atoms. The summed E-state index contributed by atoms with van der Waals surface area (Å²) in [7, 11) is 0. The number of ether oxygens (including phenoxy) is 1. The minimum Gasteiger partial charge on any atom is -0.455 e. The molecule has 2 rings (SSSR count). The third kappa shape index (κ3) is 4.93. The Bertz CT molecular complexity index is 796. The van der Waals surface area contributed by atoms with Crippen LogP contribution in [0.2, 0.25) is 0 Å². The van der Waals surface area contributed by atoms with Gasteiger partial charge in [0, 0.05) is 0 Å². The molecule has 0 radical (unpaired) electrons. The zero-order chi connectivity index (χ0) is 18.9. The number of hydrogen-bond acceptors (Lipinski definition) is 4. The molecule has 134 valence electrons. The van der Waals surface area contributed by atoms with Crippen molar-refractivity contribution in [1.29, 1.82) is 5.26 Å². The molecule has 0 fully saturated rings. The molecule has 0 heterocycles. The van der Waals surface area contributed by atoms with Crippen molar-refractivity contribution in [2.24, 2.45) is 5.92 Å². The van der Waals surface area contributed by atoms with Crippen LogP contribution in [0.15, 0.2) is 54.6 Å². The standard InChI is InChI=1S/C21H22N2O3/c1-3-15(2)20(16-9-5-4-6-10-16)21(25)26-14-19(24)23-18-12-8-7-11-17(18)13-22/h4-12,15,20H,3,14H2,1-2H3,(H,23,24)/t15-,20+/m0/s1. The number of para-hydroxylation sites is 1. The van der Waals surface area contributed by atoms with Crippen molar-refractivity contribution in [2.75, 3.05) is 11.9 Å². The minimum atomic E-state index is -0.475. The van der Waals surface area contributed by atoms with Gasteiger partial charge in [-0.15, -0.1) is 0 Å². The lowest BCUT2D eigenvalue weighted by Crippen LogP contribution is -2.27. The van der Waals surface area contributed by atoms with E-state index in [0.29, 0.717) is 11.3 Å². The molecule has 0 aliphatic rings. The summed E-state index contributed by atoms with van der Waals surface area (Å²) in [5.41, 5.74) is 1.63. The zero-order valence-electron chi connectivity index (χ0n) is 14.9.